The number of allylic oxidation sites excluding steroid dienone is 2. The number of nitro groups is 1. The van der Waals surface area contributed by atoms with E-state index >= 15 is 0 Å². The van der Waals surface area contributed by atoms with Crippen LogP contribution in [0.5, 0.6) is 11.5 Å². The molecule has 1 N–H and O–H groups in total. The minimum Gasteiger partial charge on any atom is -0.497 e. The largest absolute Gasteiger partial charge is 0.497 e. The molecule has 1 amide bonds. The molecule has 0 fully saturated rings. The van der Waals surface area contributed by atoms with Gasteiger partial charge in [0.05, 0.1) is 19.1 Å². The van der Waals surface area contributed by atoms with E-state index in [1.54, 1.807) is 38.5 Å². The van der Waals surface area contributed by atoms with Gasteiger partial charge in [-0.25, -0.2) is 0 Å². The van der Waals surface area contributed by atoms with Gasteiger partial charge in [0.2, 0.25) is 5.91 Å². The summed E-state index contributed by atoms with van der Waals surface area (Å²) in [6, 6.07) is 11.6. The molecule has 2 atom stereocenters. The lowest BCUT2D eigenvalue weighted by atomic mass is 9.73. The van der Waals surface area contributed by atoms with Crippen LogP contribution in [-0.4, -0.2) is 30.8 Å². The number of nitrogens with zero attached hydrogens (tertiary/aromatic N) is 1. The summed E-state index contributed by atoms with van der Waals surface area (Å²) in [4.78, 5) is 36.4. The summed E-state index contributed by atoms with van der Waals surface area (Å²) in [5.74, 6) is 0.351. The number of methoxy groups -OCH3 is 2. The van der Waals surface area contributed by atoms with Gasteiger partial charge in [-0.05, 0) is 30.2 Å². The molecule has 2 aliphatic rings. The van der Waals surface area contributed by atoms with Gasteiger partial charge in [-0.15, -0.1) is 0 Å². The molecule has 2 aromatic carbocycles. The van der Waals surface area contributed by atoms with Crippen molar-refractivity contribution in [1.82, 2.24) is 5.32 Å². The molecule has 2 aromatic rings. The average Bonchev–Trinajstić information content (AvgIpc) is 2.77. The average molecular weight is 422 g/mol. The van der Waals surface area contributed by atoms with E-state index in [2.05, 4.69) is 5.32 Å². The first-order chi connectivity index (χ1) is 14.9. The first-order valence-electron chi connectivity index (χ1n) is 9.93. The standard InChI is InChI=1S/C23H22N2O6/c1-30-16-6-7-21(31-2)17(11-16)14-9-19-23(20(26)10-14)18(12-22(27)24-19)13-4-3-5-15(8-13)25(28)29/h3-8,11,14,18H,9-10,12H2,1-2H3,(H,24,27)/t14-,18-/m0/s1. The Balaban J connectivity index is 1.74. The zero-order chi connectivity index (χ0) is 22.1. The van der Waals surface area contributed by atoms with Crippen LogP contribution in [-0.2, 0) is 9.59 Å². The van der Waals surface area contributed by atoms with Crippen LogP contribution in [0.1, 0.15) is 42.2 Å². The van der Waals surface area contributed by atoms with Crippen molar-refractivity contribution in [2.24, 2.45) is 0 Å². The summed E-state index contributed by atoms with van der Waals surface area (Å²) in [5, 5.41) is 14.1. The number of amides is 1. The highest BCUT2D eigenvalue weighted by molar-refractivity contribution is 6.02. The van der Waals surface area contributed by atoms with Crippen molar-refractivity contribution in [3.05, 3.63) is 75.0 Å². The van der Waals surface area contributed by atoms with Gasteiger partial charge in [0, 0.05) is 53.6 Å². The second-order valence-electron chi connectivity index (χ2n) is 7.69. The van der Waals surface area contributed by atoms with Crippen LogP contribution < -0.4 is 14.8 Å². The molecule has 1 heterocycles. The molecule has 0 saturated carbocycles. The van der Waals surface area contributed by atoms with Crippen LogP contribution >= 0.6 is 0 Å². The molecule has 0 aromatic heterocycles. The number of carbonyl (C=O) groups is 2. The second-order valence-corrected chi connectivity index (χ2v) is 7.69. The molecule has 160 valence electrons. The molecule has 0 spiro atoms. The predicted molar refractivity (Wildman–Crippen MR) is 112 cm³/mol. The molecule has 0 saturated heterocycles. The molecular formula is C23H22N2O6. The van der Waals surface area contributed by atoms with Crippen LogP contribution in [0.2, 0.25) is 0 Å². The van der Waals surface area contributed by atoms with Crippen molar-refractivity contribution in [2.75, 3.05) is 14.2 Å². The molecule has 1 aliphatic heterocycles. The normalized spacial score (nSPS) is 20.7. The highest BCUT2D eigenvalue weighted by atomic mass is 16.6. The third-order valence-corrected chi connectivity index (χ3v) is 5.90. The number of ether oxygens (including phenoxy) is 2. The Bertz CT molecular complexity index is 1110. The fourth-order valence-electron chi connectivity index (χ4n) is 4.48. The van der Waals surface area contributed by atoms with E-state index < -0.39 is 10.8 Å². The van der Waals surface area contributed by atoms with Gasteiger partial charge < -0.3 is 14.8 Å². The summed E-state index contributed by atoms with van der Waals surface area (Å²) in [7, 11) is 3.14. The zero-order valence-corrected chi connectivity index (χ0v) is 17.2. The Morgan fingerprint density at radius 3 is 2.55 bits per heavy atom. The molecule has 4 rings (SSSR count). The highest BCUT2D eigenvalue weighted by Gasteiger charge is 2.39. The van der Waals surface area contributed by atoms with Crippen molar-refractivity contribution in [3.63, 3.8) is 0 Å². The Morgan fingerprint density at radius 2 is 1.84 bits per heavy atom. The van der Waals surface area contributed by atoms with Gasteiger partial charge in [0.15, 0.2) is 5.78 Å². The lowest BCUT2D eigenvalue weighted by Gasteiger charge is -2.34. The van der Waals surface area contributed by atoms with E-state index in [9.17, 15) is 19.7 Å². The minimum absolute atomic E-state index is 0.0621. The highest BCUT2D eigenvalue weighted by Crippen LogP contribution is 2.45. The van der Waals surface area contributed by atoms with E-state index in [-0.39, 0.29) is 36.1 Å². The Kier molecular flexibility index (Phi) is 5.46. The van der Waals surface area contributed by atoms with Crippen LogP contribution in [0, 0.1) is 10.1 Å². The van der Waals surface area contributed by atoms with Gasteiger partial charge in [-0.3, -0.25) is 19.7 Å². The van der Waals surface area contributed by atoms with Gasteiger partial charge >= 0.3 is 0 Å². The molecular weight excluding hydrogens is 400 g/mol. The SMILES string of the molecule is COc1ccc(OC)c([C@@H]2CC(=O)C3=C(C2)NC(=O)C[C@H]3c2cccc([N+](=O)[O-])c2)c1. The van der Waals surface area contributed by atoms with E-state index in [0.717, 1.165) is 5.56 Å². The monoisotopic (exact) mass is 422 g/mol. The van der Waals surface area contributed by atoms with Crippen LogP contribution in [0.4, 0.5) is 5.69 Å². The van der Waals surface area contributed by atoms with Gasteiger partial charge in [-0.2, -0.15) is 0 Å². The number of Topliss-reactive ketones (excluding diaryl/α,β-unsaturated/α-hetero) is 1. The number of hydrogen-bond donors (Lipinski definition) is 1. The number of carbonyl (C=O) groups excluding carboxylic acids is 2. The summed E-state index contributed by atoms with van der Waals surface area (Å²) in [6.07, 6.45) is 0.796. The van der Waals surface area contributed by atoms with Crippen molar-refractivity contribution in [1.29, 1.82) is 0 Å². The number of non-ortho nitro benzene ring substituents is 1. The van der Waals surface area contributed by atoms with Crippen molar-refractivity contribution >= 4 is 17.4 Å². The van der Waals surface area contributed by atoms with Crippen molar-refractivity contribution in [2.45, 2.75) is 31.1 Å². The fourth-order valence-corrected chi connectivity index (χ4v) is 4.48. The predicted octanol–water partition coefficient (Wildman–Crippen LogP) is 3.62. The Hall–Kier alpha value is -3.68. The molecule has 0 bridgehead atoms. The molecule has 8 nitrogen and oxygen atoms in total. The number of nitro benzene ring substituents is 1. The quantitative estimate of drug-likeness (QED) is 0.582. The molecule has 8 heteroatoms. The van der Waals surface area contributed by atoms with Crippen molar-refractivity contribution < 1.29 is 24.0 Å². The van der Waals surface area contributed by atoms with Crippen LogP contribution in [0.15, 0.2) is 53.7 Å². The number of rotatable bonds is 5. The first kappa shape index (κ1) is 20.6. The number of hydrogen-bond acceptors (Lipinski definition) is 6. The maximum absolute atomic E-state index is 13.3. The molecule has 1 aliphatic carbocycles. The van der Waals surface area contributed by atoms with Gasteiger partial charge in [-0.1, -0.05) is 12.1 Å². The third-order valence-electron chi connectivity index (χ3n) is 5.90. The number of nitrogens with one attached hydrogen (secondary N) is 1. The summed E-state index contributed by atoms with van der Waals surface area (Å²) in [5.41, 5.74) is 2.50. The maximum Gasteiger partial charge on any atom is 0.269 e. The minimum atomic E-state index is -0.496. The van der Waals surface area contributed by atoms with Crippen LogP contribution in [0.3, 0.4) is 0 Å². The number of ketones is 1. The lowest BCUT2D eigenvalue weighted by molar-refractivity contribution is -0.384. The van der Waals surface area contributed by atoms with Crippen molar-refractivity contribution in [3.8, 4) is 11.5 Å². The first-order valence-corrected chi connectivity index (χ1v) is 9.93. The Morgan fingerprint density at radius 1 is 1.03 bits per heavy atom. The summed E-state index contributed by atoms with van der Waals surface area (Å²) >= 11 is 0. The lowest BCUT2D eigenvalue weighted by Crippen LogP contribution is -2.38. The summed E-state index contributed by atoms with van der Waals surface area (Å²) < 4.78 is 10.8. The zero-order valence-electron chi connectivity index (χ0n) is 17.2. The smallest absolute Gasteiger partial charge is 0.269 e. The molecule has 0 unspecified atom stereocenters. The molecule has 0 radical (unpaired) electrons. The summed E-state index contributed by atoms with van der Waals surface area (Å²) in [6.45, 7) is 0. The van der Waals surface area contributed by atoms with Gasteiger partial charge in [0.25, 0.3) is 5.69 Å². The van der Waals surface area contributed by atoms with Gasteiger partial charge in [0.1, 0.15) is 11.5 Å². The van der Waals surface area contributed by atoms with E-state index in [0.29, 0.717) is 34.8 Å². The van der Waals surface area contributed by atoms with E-state index in [1.807, 2.05) is 6.07 Å². The topological polar surface area (TPSA) is 108 Å². The second kappa shape index (κ2) is 8.22. The third kappa shape index (κ3) is 3.88. The fraction of sp³-hybridized carbons (Fsp3) is 0.304. The van der Waals surface area contributed by atoms with Crippen LogP contribution in [0.25, 0.3) is 0 Å². The van der Waals surface area contributed by atoms with E-state index in [1.165, 1.54) is 12.1 Å². The molecule has 31 heavy (non-hydrogen) atoms. The maximum atomic E-state index is 13.3. The van der Waals surface area contributed by atoms with E-state index in [4.69, 9.17) is 9.47 Å². The number of benzene rings is 2. The Labute approximate surface area is 179 Å².